The summed E-state index contributed by atoms with van der Waals surface area (Å²) in [5, 5.41) is 30.4. The molecule has 3 aromatic rings. The maximum atomic E-state index is 13.8. The van der Waals surface area contributed by atoms with Crippen LogP contribution in [0.5, 0.6) is 5.75 Å². The zero-order valence-electron chi connectivity index (χ0n) is 15.8. The van der Waals surface area contributed by atoms with Gasteiger partial charge in [0.1, 0.15) is 11.6 Å². The summed E-state index contributed by atoms with van der Waals surface area (Å²) in [6.45, 7) is 1.99. The predicted octanol–water partition coefficient (Wildman–Crippen LogP) is 4.48. The van der Waals surface area contributed by atoms with E-state index in [1.807, 2.05) is 0 Å². The van der Waals surface area contributed by atoms with E-state index in [4.69, 9.17) is 0 Å². The number of aliphatic hydroxyl groups is 1. The summed E-state index contributed by atoms with van der Waals surface area (Å²) in [6.07, 6.45) is -4.29. The Balaban J connectivity index is 1.90. The van der Waals surface area contributed by atoms with Gasteiger partial charge in [0, 0.05) is 16.6 Å². The van der Waals surface area contributed by atoms with Crippen LogP contribution in [-0.2, 0) is 5.41 Å². The van der Waals surface area contributed by atoms with Gasteiger partial charge in [-0.05, 0) is 42.2 Å². The van der Waals surface area contributed by atoms with Crippen molar-refractivity contribution in [2.24, 2.45) is 0 Å². The molecule has 9 heteroatoms. The van der Waals surface area contributed by atoms with Crippen LogP contribution in [0.4, 0.5) is 23.2 Å². The molecule has 0 saturated carbocycles. The molecule has 0 radical (unpaired) electrons. The zero-order chi connectivity index (χ0) is 21.4. The lowest BCUT2D eigenvalue weighted by molar-refractivity contribution is -0.260. The molecule has 1 unspecified atom stereocenters. The van der Waals surface area contributed by atoms with E-state index in [2.05, 4.69) is 15.5 Å². The standard InChI is InChI=1S/C20H21F4N3O2/c1-18(2,14-8-12(21)6-7-17(14)28)10-19(29,20(22,23)24)11-25-15-4-3-5-16-13(15)9-26-27-16/h3-9,25,28-29H,10-11H2,1-2H3,(H,26,27). The van der Waals surface area contributed by atoms with Crippen molar-refractivity contribution in [3.05, 3.63) is 54.0 Å². The van der Waals surface area contributed by atoms with Crippen molar-refractivity contribution in [3.63, 3.8) is 0 Å². The summed E-state index contributed by atoms with van der Waals surface area (Å²) in [4.78, 5) is 0. The number of hydrogen-bond acceptors (Lipinski definition) is 4. The fourth-order valence-corrected chi connectivity index (χ4v) is 3.50. The number of phenolic OH excluding ortho intramolecular Hbond substituents is 1. The smallest absolute Gasteiger partial charge is 0.418 e. The molecule has 0 spiro atoms. The van der Waals surface area contributed by atoms with E-state index in [9.17, 15) is 27.8 Å². The molecule has 1 atom stereocenters. The molecule has 2 aromatic carbocycles. The van der Waals surface area contributed by atoms with E-state index < -0.39 is 36.0 Å². The fraction of sp³-hybridized carbons (Fsp3) is 0.350. The quantitative estimate of drug-likeness (QED) is 0.451. The van der Waals surface area contributed by atoms with E-state index in [1.54, 1.807) is 18.2 Å². The Morgan fingerprint density at radius 1 is 1.14 bits per heavy atom. The number of nitrogens with zero attached hydrogens (tertiary/aromatic N) is 1. The highest BCUT2D eigenvalue weighted by Crippen LogP contribution is 2.43. The number of alkyl halides is 3. The van der Waals surface area contributed by atoms with Gasteiger partial charge in [-0.3, -0.25) is 5.10 Å². The number of nitrogens with one attached hydrogen (secondary N) is 2. The van der Waals surface area contributed by atoms with Gasteiger partial charge in [0.15, 0.2) is 5.60 Å². The van der Waals surface area contributed by atoms with Crippen molar-refractivity contribution in [1.29, 1.82) is 0 Å². The maximum Gasteiger partial charge on any atom is 0.418 e. The number of H-pyrrole nitrogens is 1. The third-order valence-electron chi connectivity index (χ3n) is 5.01. The SMILES string of the molecule is CC(C)(CC(O)(CNc1cccc2[nH]ncc12)C(F)(F)F)c1cc(F)ccc1O. The van der Waals surface area contributed by atoms with Gasteiger partial charge < -0.3 is 15.5 Å². The highest BCUT2D eigenvalue weighted by molar-refractivity contribution is 5.90. The second kappa shape index (κ2) is 7.22. The number of hydrogen-bond donors (Lipinski definition) is 4. The number of phenols is 1. The van der Waals surface area contributed by atoms with E-state index in [1.165, 1.54) is 20.0 Å². The molecule has 1 heterocycles. The number of anilines is 1. The molecule has 5 nitrogen and oxygen atoms in total. The molecule has 0 aliphatic carbocycles. The Labute approximate surface area is 164 Å². The van der Waals surface area contributed by atoms with E-state index in [0.717, 1.165) is 18.2 Å². The van der Waals surface area contributed by atoms with Crippen molar-refractivity contribution in [2.45, 2.75) is 37.5 Å². The summed E-state index contributed by atoms with van der Waals surface area (Å²) in [5.41, 5.74) is -3.51. The van der Waals surface area contributed by atoms with E-state index in [0.29, 0.717) is 16.6 Å². The molecular formula is C20H21F4N3O2. The molecule has 0 fully saturated rings. The van der Waals surface area contributed by atoms with Crippen LogP contribution in [0, 0.1) is 5.82 Å². The first-order valence-electron chi connectivity index (χ1n) is 8.87. The highest BCUT2D eigenvalue weighted by atomic mass is 19.4. The molecule has 1 aromatic heterocycles. The van der Waals surface area contributed by atoms with Gasteiger partial charge in [-0.1, -0.05) is 19.9 Å². The van der Waals surface area contributed by atoms with Crippen molar-refractivity contribution in [3.8, 4) is 5.75 Å². The number of halogens is 4. The minimum Gasteiger partial charge on any atom is -0.508 e. The van der Waals surface area contributed by atoms with Crippen LogP contribution >= 0.6 is 0 Å². The third-order valence-corrected chi connectivity index (χ3v) is 5.01. The van der Waals surface area contributed by atoms with Crippen LogP contribution in [0.1, 0.15) is 25.8 Å². The molecular weight excluding hydrogens is 390 g/mol. The van der Waals surface area contributed by atoms with E-state index >= 15 is 0 Å². The molecule has 0 aliphatic rings. The van der Waals surface area contributed by atoms with Gasteiger partial charge in [-0.2, -0.15) is 18.3 Å². The van der Waals surface area contributed by atoms with Crippen LogP contribution < -0.4 is 5.32 Å². The Morgan fingerprint density at radius 2 is 1.86 bits per heavy atom. The lowest BCUT2D eigenvalue weighted by Gasteiger charge is -2.38. The van der Waals surface area contributed by atoms with Crippen LogP contribution in [-0.4, -0.2) is 38.7 Å². The van der Waals surface area contributed by atoms with Crippen LogP contribution in [0.3, 0.4) is 0 Å². The summed E-state index contributed by atoms with van der Waals surface area (Å²) < 4.78 is 55.1. The minimum absolute atomic E-state index is 0.0166. The monoisotopic (exact) mass is 411 g/mol. The summed E-state index contributed by atoms with van der Waals surface area (Å²) in [7, 11) is 0. The fourth-order valence-electron chi connectivity index (χ4n) is 3.50. The summed E-state index contributed by atoms with van der Waals surface area (Å²) in [6, 6.07) is 8.02. The first-order valence-corrected chi connectivity index (χ1v) is 8.87. The van der Waals surface area contributed by atoms with Gasteiger partial charge >= 0.3 is 6.18 Å². The second-order valence-electron chi connectivity index (χ2n) is 7.74. The zero-order valence-corrected chi connectivity index (χ0v) is 15.8. The first kappa shape index (κ1) is 20.9. The van der Waals surface area contributed by atoms with Crippen LogP contribution in [0.2, 0.25) is 0 Å². The Bertz CT molecular complexity index is 1020. The molecule has 3 rings (SSSR count). The lowest BCUT2D eigenvalue weighted by atomic mass is 9.74. The molecule has 29 heavy (non-hydrogen) atoms. The van der Waals surface area contributed by atoms with E-state index in [-0.39, 0.29) is 11.3 Å². The van der Waals surface area contributed by atoms with Crippen molar-refractivity contribution in [1.82, 2.24) is 10.2 Å². The molecule has 0 saturated heterocycles. The highest BCUT2D eigenvalue weighted by Gasteiger charge is 2.56. The van der Waals surface area contributed by atoms with Gasteiger partial charge in [-0.25, -0.2) is 4.39 Å². The topological polar surface area (TPSA) is 81.2 Å². The normalized spacial score (nSPS) is 14.7. The lowest BCUT2D eigenvalue weighted by Crippen LogP contribution is -2.53. The minimum atomic E-state index is -4.97. The third kappa shape index (κ3) is 4.14. The number of rotatable bonds is 6. The van der Waals surface area contributed by atoms with Crippen molar-refractivity contribution < 1.29 is 27.8 Å². The van der Waals surface area contributed by atoms with Gasteiger partial charge in [0.25, 0.3) is 0 Å². The summed E-state index contributed by atoms with van der Waals surface area (Å²) >= 11 is 0. The van der Waals surface area contributed by atoms with Crippen LogP contribution in [0.15, 0.2) is 42.6 Å². The Hall–Kier alpha value is -2.81. The Morgan fingerprint density at radius 3 is 2.55 bits per heavy atom. The number of benzene rings is 2. The molecule has 0 amide bonds. The number of aromatic hydroxyl groups is 1. The number of aromatic nitrogens is 2. The summed E-state index contributed by atoms with van der Waals surface area (Å²) in [5.74, 6) is -1.02. The van der Waals surface area contributed by atoms with Gasteiger partial charge in [0.2, 0.25) is 0 Å². The molecule has 0 bridgehead atoms. The average molecular weight is 411 g/mol. The molecule has 156 valence electrons. The van der Waals surface area contributed by atoms with Gasteiger partial charge in [0.05, 0.1) is 18.3 Å². The Kier molecular flexibility index (Phi) is 5.20. The number of fused-ring (bicyclic) bond motifs is 1. The molecule has 4 N–H and O–H groups in total. The first-order chi connectivity index (χ1) is 13.4. The largest absolute Gasteiger partial charge is 0.508 e. The van der Waals surface area contributed by atoms with Crippen molar-refractivity contribution >= 4 is 16.6 Å². The predicted molar refractivity (Wildman–Crippen MR) is 101 cm³/mol. The number of aromatic amines is 1. The van der Waals surface area contributed by atoms with Crippen LogP contribution in [0.25, 0.3) is 10.9 Å². The maximum absolute atomic E-state index is 13.8. The van der Waals surface area contributed by atoms with Gasteiger partial charge in [-0.15, -0.1) is 0 Å². The second-order valence-corrected chi connectivity index (χ2v) is 7.74. The average Bonchev–Trinajstić information content (AvgIpc) is 3.10. The molecule has 0 aliphatic heterocycles. The van der Waals surface area contributed by atoms with Crippen molar-refractivity contribution in [2.75, 3.05) is 11.9 Å².